The lowest BCUT2D eigenvalue weighted by Gasteiger charge is -2.35. The number of aliphatic hydroxyl groups is 1. The quantitative estimate of drug-likeness (QED) is 0.791. The van der Waals surface area contributed by atoms with Gasteiger partial charge in [-0.1, -0.05) is 19.8 Å². The fourth-order valence-corrected chi connectivity index (χ4v) is 3.18. The molecule has 0 spiro atoms. The molecule has 18 heavy (non-hydrogen) atoms. The average molecular weight is 254 g/mol. The van der Waals surface area contributed by atoms with Gasteiger partial charge < -0.3 is 15.3 Å². The molecule has 0 bridgehead atoms. The second-order valence-corrected chi connectivity index (χ2v) is 5.95. The van der Waals surface area contributed by atoms with Gasteiger partial charge in [0.05, 0.1) is 0 Å². The fraction of sp³-hybridized carbons (Fsp3) is 0.929. The maximum Gasteiger partial charge on any atom is 0.317 e. The van der Waals surface area contributed by atoms with Crippen molar-refractivity contribution in [2.45, 2.75) is 51.5 Å². The van der Waals surface area contributed by atoms with E-state index in [1.165, 1.54) is 19.3 Å². The summed E-state index contributed by atoms with van der Waals surface area (Å²) in [7, 11) is 0. The number of nitrogens with zero attached hydrogens (tertiary/aromatic N) is 1. The number of hydrogen-bond donors (Lipinski definition) is 2. The highest BCUT2D eigenvalue weighted by Crippen LogP contribution is 2.24. The molecule has 3 unspecified atom stereocenters. The molecular weight excluding hydrogens is 228 g/mol. The Labute approximate surface area is 110 Å². The highest BCUT2D eigenvalue weighted by molar-refractivity contribution is 5.74. The Morgan fingerprint density at radius 3 is 2.78 bits per heavy atom. The normalized spacial score (nSPS) is 33.2. The van der Waals surface area contributed by atoms with Crippen LogP contribution in [0.2, 0.25) is 0 Å². The summed E-state index contributed by atoms with van der Waals surface area (Å²) >= 11 is 0. The summed E-state index contributed by atoms with van der Waals surface area (Å²) < 4.78 is 0. The predicted molar refractivity (Wildman–Crippen MR) is 71.3 cm³/mol. The molecule has 2 fully saturated rings. The van der Waals surface area contributed by atoms with Gasteiger partial charge in [-0.2, -0.15) is 0 Å². The van der Waals surface area contributed by atoms with Crippen LogP contribution in [0, 0.1) is 11.8 Å². The van der Waals surface area contributed by atoms with Crippen molar-refractivity contribution in [2.24, 2.45) is 11.8 Å². The van der Waals surface area contributed by atoms with E-state index in [2.05, 4.69) is 12.2 Å². The zero-order chi connectivity index (χ0) is 13.0. The van der Waals surface area contributed by atoms with E-state index in [1.807, 2.05) is 4.90 Å². The van der Waals surface area contributed by atoms with Gasteiger partial charge in [-0.3, -0.25) is 0 Å². The smallest absolute Gasteiger partial charge is 0.317 e. The molecule has 4 nitrogen and oxygen atoms in total. The number of urea groups is 1. The highest BCUT2D eigenvalue weighted by Gasteiger charge is 2.27. The molecule has 1 saturated carbocycles. The minimum absolute atomic E-state index is 0.0758. The summed E-state index contributed by atoms with van der Waals surface area (Å²) in [5.41, 5.74) is 0. The Bertz CT molecular complexity index is 283. The van der Waals surface area contributed by atoms with Crippen LogP contribution in [0.5, 0.6) is 0 Å². The third-order valence-electron chi connectivity index (χ3n) is 4.48. The lowest BCUT2D eigenvalue weighted by molar-refractivity contribution is 0.124. The number of hydrogen-bond acceptors (Lipinski definition) is 2. The number of rotatable bonds is 2. The number of nitrogens with one attached hydrogen (secondary N) is 1. The second-order valence-electron chi connectivity index (χ2n) is 5.95. The van der Waals surface area contributed by atoms with Gasteiger partial charge in [-0.15, -0.1) is 0 Å². The van der Waals surface area contributed by atoms with Gasteiger partial charge in [0.2, 0.25) is 0 Å². The SMILES string of the molecule is CC1CCCCC1NC(=O)N1CCCC(CO)C1. The van der Waals surface area contributed by atoms with Crippen LogP contribution >= 0.6 is 0 Å². The zero-order valence-electron chi connectivity index (χ0n) is 11.4. The van der Waals surface area contributed by atoms with Crippen LogP contribution in [-0.4, -0.2) is 41.8 Å². The van der Waals surface area contributed by atoms with Gasteiger partial charge in [0.15, 0.2) is 0 Å². The lowest BCUT2D eigenvalue weighted by atomic mass is 9.86. The maximum absolute atomic E-state index is 12.2. The van der Waals surface area contributed by atoms with Crippen LogP contribution in [0.1, 0.15) is 45.4 Å². The average Bonchev–Trinajstić information content (AvgIpc) is 2.41. The number of carbonyl (C=O) groups excluding carboxylic acids is 1. The summed E-state index contributed by atoms with van der Waals surface area (Å²) in [6.07, 6.45) is 6.92. The monoisotopic (exact) mass is 254 g/mol. The molecule has 2 N–H and O–H groups in total. The first-order chi connectivity index (χ1) is 8.70. The van der Waals surface area contributed by atoms with Crippen molar-refractivity contribution in [3.8, 4) is 0 Å². The van der Waals surface area contributed by atoms with Crippen LogP contribution in [0.15, 0.2) is 0 Å². The summed E-state index contributed by atoms with van der Waals surface area (Å²) in [5, 5.41) is 12.4. The van der Waals surface area contributed by atoms with Crippen molar-refractivity contribution in [3.63, 3.8) is 0 Å². The Kier molecular flexibility index (Phi) is 4.87. The van der Waals surface area contributed by atoms with Gasteiger partial charge in [0.1, 0.15) is 0 Å². The predicted octanol–water partition coefficient (Wildman–Crippen LogP) is 1.98. The van der Waals surface area contributed by atoms with Crippen molar-refractivity contribution in [1.29, 1.82) is 0 Å². The van der Waals surface area contributed by atoms with Gasteiger partial charge in [0.25, 0.3) is 0 Å². The third kappa shape index (κ3) is 3.37. The first kappa shape index (κ1) is 13.7. The molecule has 4 heteroatoms. The van der Waals surface area contributed by atoms with E-state index < -0.39 is 0 Å². The maximum atomic E-state index is 12.2. The van der Waals surface area contributed by atoms with Crippen molar-refractivity contribution in [2.75, 3.05) is 19.7 Å². The Morgan fingerprint density at radius 2 is 2.06 bits per heavy atom. The molecular formula is C14H26N2O2. The molecule has 3 atom stereocenters. The van der Waals surface area contributed by atoms with E-state index in [9.17, 15) is 9.90 Å². The van der Waals surface area contributed by atoms with E-state index in [0.717, 1.165) is 25.8 Å². The summed E-state index contributed by atoms with van der Waals surface area (Å²) in [5.74, 6) is 0.870. The largest absolute Gasteiger partial charge is 0.396 e. The first-order valence-corrected chi connectivity index (χ1v) is 7.37. The second kappa shape index (κ2) is 6.41. The molecule has 0 aromatic rings. The van der Waals surface area contributed by atoms with E-state index in [0.29, 0.717) is 18.5 Å². The molecule has 2 aliphatic rings. The van der Waals surface area contributed by atoms with Crippen molar-refractivity contribution >= 4 is 6.03 Å². The van der Waals surface area contributed by atoms with Gasteiger partial charge in [0, 0.05) is 25.7 Å². The third-order valence-corrected chi connectivity index (χ3v) is 4.48. The molecule has 2 amide bonds. The number of aliphatic hydroxyl groups excluding tert-OH is 1. The van der Waals surface area contributed by atoms with Gasteiger partial charge in [-0.05, 0) is 37.5 Å². The van der Waals surface area contributed by atoms with Crippen molar-refractivity contribution < 1.29 is 9.90 Å². The number of piperidine rings is 1. The molecule has 1 aliphatic carbocycles. The van der Waals surface area contributed by atoms with E-state index in [4.69, 9.17) is 0 Å². The van der Waals surface area contributed by atoms with Crippen LogP contribution < -0.4 is 5.32 Å². The molecule has 0 radical (unpaired) electrons. The molecule has 0 aromatic heterocycles. The number of carbonyl (C=O) groups is 1. The highest BCUT2D eigenvalue weighted by atomic mass is 16.3. The summed E-state index contributed by atoms with van der Waals surface area (Å²) in [6.45, 7) is 3.98. The Balaban J connectivity index is 1.83. The van der Waals surface area contributed by atoms with Crippen LogP contribution in [0.3, 0.4) is 0 Å². The minimum Gasteiger partial charge on any atom is -0.396 e. The minimum atomic E-state index is 0.0758. The van der Waals surface area contributed by atoms with E-state index in [-0.39, 0.29) is 18.6 Å². The molecule has 2 rings (SSSR count). The van der Waals surface area contributed by atoms with Gasteiger partial charge >= 0.3 is 6.03 Å². The molecule has 1 saturated heterocycles. The van der Waals surface area contributed by atoms with Gasteiger partial charge in [-0.25, -0.2) is 4.79 Å². The van der Waals surface area contributed by atoms with E-state index in [1.54, 1.807) is 0 Å². The molecule has 0 aromatic carbocycles. The number of amides is 2. The number of likely N-dealkylation sites (tertiary alicyclic amines) is 1. The summed E-state index contributed by atoms with van der Waals surface area (Å²) in [6, 6.07) is 0.424. The van der Waals surface area contributed by atoms with Crippen molar-refractivity contribution in [3.05, 3.63) is 0 Å². The van der Waals surface area contributed by atoms with Crippen molar-refractivity contribution in [1.82, 2.24) is 10.2 Å². The lowest BCUT2D eigenvalue weighted by Crippen LogP contribution is -2.51. The van der Waals surface area contributed by atoms with Crippen LogP contribution in [0.4, 0.5) is 4.79 Å². The van der Waals surface area contributed by atoms with Crippen LogP contribution in [-0.2, 0) is 0 Å². The fourth-order valence-electron chi connectivity index (χ4n) is 3.18. The summed E-state index contributed by atoms with van der Waals surface area (Å²) in [4.78, 5) is 14.1. The van der Waals surface area contributed by atoms with E-state index >= 15 is 0 Å². The topological polar surface area (TPSA) is 52.6 Å². The zero-order valence-corrected chi connectivity index (χ0v) is 11.4. The Hall–Kier alpha value is -0.770. The standard InChI is InChI=1S/C14H26N2O2/c1-11-5-2-3-7-13(11)15-14(18)16-8-4-6-12(9-16)10-17/h11-13,17H,2-10H2,1H3,(H,15,18). The Morgan fingerprint density at radius 1 is 1.28 bits per heavy atom. The molecule has 1 heterocycles. The first-order valence-electron chi connectivity index (χ1n) is 7.37. The van der Waals surface area contributed by atoms with Crippen LogP contribution in [0.25, 0.3) is 0 Å². The molecule has 1 aliphatic heterocycles. The molecule has 104 valence electrons.